The number of furan rings is 1. The molecule has 0 aliphatic carbocycles. The number of carbonyl (C=O) groups is 1. The number of hydrogen-bond acceptors (Lipinski definition) is 8. The number of nitro groups is 1. The van der Waals surface area contributed by atoms with Crippen LogP contribution in [0.5, 0.6) is 0 Å². The summed E-state index contributed by atoms with van der Waals surface area (Å²) in [7, 11) is 0. The van der Waals surface area contributed by atoms with Gasteiger partial charge >= 0.3 is 0 Å². The number of nitrogens with one attached hydrogen (secondary N) is 1. The van der Waals surface area contributed by atoms with Crippen molar-refractivity contribution in [2.75, 3.05) is 29.1 Å². The van der Waals surface area contributed by atoms with Gasteiger partial charge in [-0.25, -0.2) is 0 Å². The number of thioether (sulfide) groups is 1. The van der Waals surface area contributed by atoms with Crippen LogP contribution in [0.3, 0.4) is 0 Å². The molecule has 0 radical (unpaired) electrons. The van der Waals surface area contributed by atoms with E-state index in [-0.39, 0.29) is 23.0 Å². The van der Waals surface area contributed by atoms with Crippen molar-refractivity contribution in [2.45, 2.75) is 31.5 Å². The van der Waals surface area contributed by atoms with Crippen molar-refractivity contribution in [1.82, 2.24) is 14.8 Å². The molecular weight excluding hydrogens is 420 g/mol. The summed E-state index contributed by atoms with van der Waals surface area (Å²) in [6.07, 6.45) is 3.83. The van der Waals surface area contributed by atoms with E-state index < -0.39 is 4.92 Å². The molecule has 1 aliphatic heterocycles. The van der Waals surface area contributed by atoms with Crippen LogP contribution in [0.4, 0.5) is 17.3 Å². The van der Waals surface area contributed by atoms with E-state index >= 15 is 0 Å². The number of aromatic nitrogens is 3. The van der Waals surface area contributed by atoms with Gasteiger partial charge < -0.3 is 14.6 Å². The summed E-state index contributed by atoms with van der Waals surface area (Å²) in [6, 6.07) is 8.40. The van der Waals surface area contributed by atoms with Gasteiger partial charge in [-0.2, -0.15) is 0 Å². The van der Waals surface area contributed by atoms with Crippen LogP contribution in [0, 0.1) is 17.0 Å². The normalized spacial score (nSPS) is 13.5. The van der Waals surface area contributed by atoms with Gasteiger partial charge in [0.15, 0.2) is 5.16 Å². The molecule has 1 amide bonds. The summed E-state index contributed by atoms with van der Waals surface area (Å²) in [5, 5.41) is 23.1. The maximum Gasteiger partial charge on any atom is 0.293 e. The van der Waals surface area contributed by atoms with E-state index in [0.717, 1.165) is 43.2 Å². The molecule has 11 heteroatoms. The maximum atomic E-state index is 12.5. The molecule has 0 bridgehead atoms. The first-order valence-electron chi connectivity index (χ1n) is 9.89. The minimum absolute atomic E-state index is 0.0430. The number of anilines is 2. The van der Waals surface area contributed by atoms with Crippen molar-refractivity contribution in [3.8, 4) is 0 Å². The second-order valence-corrected chi connectivity index (χ2v) is 8.20. The topological polar surface area (TPSA) is 119 Å². The van der Waals surface area contributed by atoms with Gasteiger partial charge in [-0.1, -0.05) is 17.8 Å². The van der Waals surface area contributed by atoms with Crippen LogP contribution in [0.15, 0.2) is 46.2 Å². The highest BCUT2D eigenvalue weighted by Crippen LogP contribution is 2.28. The first-order chi connectivity index (χ1) is 15.0. The number of amides is 1. The molecule has 0 atom stereocenters. The number of carbonyl (C=O) groups excluding carboxylic acids is 1. The van der Waals surface area contributed by atoms with Crippen LogP contribution in [-0.2, 0) is 11.3 Å². The minimum atomic E-state index is -0.502. The van der Waals surface area contributed by atoms with Crippen molar-refractivity contribution < 1.29 is 14.1 Å². The van der Waals surface area contributed by atoms with E-state index in [0.29, 0.717) is 11.7 Å². The molecule has 162 valence electrons. The molecule has 1 N–H and O–H groups in total. The van der Waals surface area contributed by atoms with Crippen LogP contribution in [0.25, 0.3) is 0 Å². The van der Waals surface area contributed by atoms with E-state index in [4.69, 9.17) is 4.42 Å². The van der Waals surface area contributed by atoms with Crippen LogP contribution < -0.4 is 10.2 Å². The molecule has 0 spiro atoms. The molecule has 3 aromatic rings. The standard InChI is InChI=1S/C20H22N6O4S/c1-14-6-7-16(17(11-14)26(28)29)21-18(27)13-31-20-23-22-19(24-8-2-3-9-24)25(20)12-15-5-4-10-30-15/h4-7,10-11H,2-3,8-9,12-13H2,1H3,(H,21,27). The number of aryl methyl sites for hydroxylation is 1. The summed E-state index contributed by atoms with van der Waals surface area (Å²) < 4.78 is 7.42. The lowest BCUT2D eigenvalue weighted by Crippen LogP contribution is -2.23. The zero-order valence-corrected chi connectivity index (χ0v) is 17.8. The molecule has 1 saturated heterocycles. The Bertz CT molecular complexity index is 1080. The Labute approximate surface area is 182 Å². The Morgan fingerprint density at radius 3 is 2.81 bits per heavy atom. The van der Waals surface area contributed by atoms with E-state index in [1.54, 1.807) is 25.3 Å². The molecule has 4 rings (SSSR count). The lowest BCUT2D eigenvalue weighted by molar-refractivity contribution is -0.384. The molecule has 10 nitrogen and oxygen atoms in total. The second kappa shape index (κ2) is 9.21. The van der Waals surface area contributed by atoms with Crippen molar-refractivity contribution in [3.05, 3.63) is 58.0 Å². The van der Waals surface area contributed by atoms with E-state index in [1.807, 2.05) is 16.7 Å². The largest absolute Gasteiger partial charge is 0.467 e. The van der Waals surface area contributed by atoms with Gasteiger partial charge in [0.25, 0.3) is 5.69 Å². The minimum Gasteiger partial charge on any atom is -0.467 e. The SMILES string of the molecule is Cc1ccc(NC(=O)CSc2nnc(N3CCCC3)n2Cc2ccco2)c([N+](=O)[O-])c1. The number of rotatable bonds is 8. The third kappa shape index (κ3) is 4.88. The summed E-state index contributed by atoms with van der Waals surface area (Å²) in [6.45, 7) is 4.05. The Morgan fingerprint density at radius 1 is 1.29 bits per heavy atom. The predicted octanol–water partition coefficient (Wildman–Crippen LogP) is 3.47. The third-order valence-corrected chi connectivity index (χ3v) is 5.90. The quantitative estimate of drug-likeness (QED) is 0.320. The molecule has 1 aliphatic rings. The van der Waals surface area contributed by atoms with Crippen LogP contribution >= 0.6 is 11.8 Å². The van der Waals surface area contributed by atoms with Gasteiger partial charge in [0.2, 0.25) is 11.9 Å². The molecule has 1 fully saturated rings. The smallest absolute Gasteiger partial charge is 0.293 e. The van der Waals surface area contributed by atoms with E-state index in [1.165, 1.54) is 17.8 Å². The fourth-order valence-electron chi connectivity index (χ4n) is 3.45. The van der Waals surface area contributed by atoms with Gasteiger partial charge in [0, 0.05) is 19.2 Å². The lowest BCUT2D eigenvalue weighted by Gasteiger charge is -2.17. The van der Waals surface area contributed by atoms with Gasteiger partial charge in [0.05, 0.1) is 23.5 Å². The van der Waals surface area contributed by atoms with Gasteiger partial charge in [0.1, 0.15) is 11.4 Å². The third-order valence-electron chi connectivity index (χ3n) is 4.94. The summed E-state index contributed by atoms with van der Waals surface area (Å²) in [4.78, 5) is 25.4. The van der Waals surface area contributed by atoms with E-state index in [2.05, 4.69) is 20.4 Å². The average molecular weight is 443 g/mol. The van der Waals surface area contributed by atoms with Crippen LogP contribution in [0.2, 0.25) is 0 Å². The Balaban J connectivity index is 1.48. The highest BCUT2D eigenvalue weighted by atomic mass is 32.2. The molecule has 3 heterocycles. The monoisotopic (exact) mass is 442 g/mol. The molecule has 1 aromatic carbocycles. The maximum absolute atomic E-state index is 12.5. The Hall–Kier alpha value is -3.34. The highest BCUT2D eigenvalue weighted by Gasteiger charge is 2.23. The summed E-state index contributed by atoms with van der Waals surface area (Å²) in [5.41, 5.74) is 0.797. The lowest BCUT2D eigenvalue weighted by atomic mass is 10.2. The molecule has 2 aromatic heterocycles. The average Bonchev–Trinajstić information content (AvgIpc) is 3.50. The molecule has 31 heavy (non-hydrogen) atoms. The van der Waals surface area contributed by atoms with E-state index in [9.17, 15) is 14.9 Å². The van der Waals surface area contributed by atoms with Crippen molar-refractivity contribution in [1.29, 1.82) is 0 Å². The van der Waals surface area contributed by atoms with Gasteiger partial charge in [-0.15, -0.1) is 10.2 Å². The van der Waals surface area contributed by atoms with Gasteiger partial charge in [-0.05, 0) is 43.5 Å². The van der Waals surface area contributed by atoms with Crippen LogP contribution in [0.1, 0.15) is 24.2 Å². The van der Waals surface area contributed by atoms with Crippen LogP contribution in [-0.4, -0.2) is 44.4 Å². The fraction of sp³-hybridized carbons (Fsp3) is 0.350. The second-order valence-electron chi connectivity index (χ2n) is 7.26. The number of nitro benzene ring substituents is 1. The van der Waals surface area contributed by atoms with Crippen molar-refractivity contribution in [2.24, 2.45) is 0 Å². The zero-order chi connectivity index (χ0) is 21.8. The number of nitrogens with zero attached hydrogens (tertiary/aromatic N) is 5. The summed E-state index contributed by atoms with van der Waals surface area (Å²) >= 11 is 1.23. The first kappa shape index (κ1) is 20.9. The number of hydrogen-bond donors (Lipinski definition) is 1. The number of benzene rings is 1. The van der Waals surface area contributed by atoms with Crippen molar-refractivity contribution in [3.63, 3.8) is 0 Å². The van der Waals surface area contributed by atoms with Crippen molar-refractivity contribution >= 4 is 35.0 Å². The highest BCUT2D eigenvalue weighted by molar-refractivity contribution is 7.99. The fourth-order valence-corrected chi connectivity index (χ4v) is 4.18. The molecule has 0 unspecified atom stereocenters. The van der Waals surface area contributed by atoms with Gasteiger partial charge in [-0.3, -0.25) is 19.5 Å². The molecular formula is C20H22N6O4S. The Morgan fingerprint density at radius 2 is 2.10 bits per heavy atom. The molecule has 0 saturated carbocycles. The zero-order valence-electron chi connectivity index (χ0n) is 17.0. The Kier molecular flexibility index (Phi) is 6.21. The first-order valence-corrected chi connectivity index (χ1v) is 10.9. The summed E-state index contributed by atoms with van der Waals surface area (Å²) in [5.74, 6) is 1.21. The predicted molar refractivity (Wildman–Crippen MR) is 116 cm³/mol.